The molecule has 4 aromatic rings. The highest BCUT2D eigenvalue weighted by atomic mass is 16.5. The van der Waals surface area contributed by atoms with Crippen molar-refractivity contribution in [3.8, 4) is 0 Å². The van der Waals surface area contributed by atoms with E-state index in [2.05, 4.69) is 47.6 Å². The lowest BCUT2D eigenvalue weighted by molar-refractivity contribution is 0.456. The van der Waals surface area contributed by atoms with Crippen molar-refractivity contribution in [2.75, 3.05) is 0 Å². The molecule has 0 fully saturated rings. The molecule has 0 spiro atoms. The molecule has 3 aromatic carbocycles. The van der Waals surface area contributed by atoms with E-state index >= 15 is 0 Å². The first-order chi connectivity index (χ1) is 8.43. The Balaban J connectivity index is 2.34. The van der Waals surface area contributed by atoms with Gasteiger partial charge < -0.3 is 4.52 Å². The first-order valence-electron chi connectivity index (χ1n) is 5.58. The number of fused-ring (bicyclic) bond motifs is 5. The largest absolute Gasteiger partial charge is 0.356 e. The van der Waals surface area contributed by atoms with Gasteiger partial charge in [-0.15, -0.1) is 0 Å². The fraction of sp³-hybridized carbons (Fsp3) is 0. The number of rotatable bonds is 0. The molecular weight excluding hydrogens is 210 g/mol. The van der Waals surface area contributed by atoms with Gasteiger partial charge in [-0.3, -0.25) is 0 Å². The highest BCUT2D eigenvalue weighted by molar-refractivity contribution is 6.16. The van der Waals surface area contributed by atoms with Crippen LogP contribution in [0.2, 0.25) is 0 Å². The van der Waals surface area contributed by atoms with Gasteiger partial charge >= 0.3 is 0 Å². The van der Waals surface area contributed by atoms with Gasteiger partial charge in [0, 0.05) is 5.39 Å². The van der Waals surface area contributed by atoms with Crippen molar-refractivity contribution in [1.82, 2.24) is 5.16 Å². The SMILES string of the molecule is c1ccc2c(c1)ccc1c3cnoc3ccc21. The molecule has 0 saturated heterocycles. The second-order valence-electron chi connectivity index (χ2n) is 4.18. The van der Waals surface area contributed by atoms with Crippen LogP contribution in [0.15, 0.2) is 59.3 Å². The van der Waals surface area contributed by atoms with Crippen molar-refractivity contribution < 1.29 is 4.52 Å². The summed E-state index contributed by atoms with van der Waals surface area (Å²) in [6.45, 7) is 0. The monoisotopic (exact) mass is 219 g/mol. The van der Waals surface area contributed by atoms with Crippen molar-refractivity contribution in [2.24, 2.45) is 0 Å². The Morgan fingerprint density at radius 2 is 1.53 bits per heavy atom. The molecule has 0 aliphatic heterocycles. The molecule has 1 heterocycles. The molecule has 2 nitrogen and oxygen atoms in total. The third-order valence-electron chi connectivity index (χ3n) is 3.26. The highest BCUT2D eigenvalue weighted by Crippen LogP contribution is 2.30. The van der Waals surface area contributed by atoms with Crippen LogP contribution in [0.3, 0.4) is 0 Å². The molecule has 0 saturated carbocycles. The topological polar surface area (TPSA) is 26.0 Å². The summed E-state index contributed by atoms with van der Waals surface area (Å²) in [5.41, 5.74) is 0.841. The second kappa shape index (κ2) is 3.08. The van der Waals surface area contributed by atoms with E-state index in [-0.39, 0.29) is 0 Å². The summed E-state index contributed by atoms with van der Waals surface area (Å²) in [5, 5.41) is 9.91. The molecule has 0 radical (unpaired) electrons. The standard InChI is InChI=1S/C15H9NO/c1-2-4-11-10(3-1)5-6-13-12(11)7-8-15-14(13)9-16-17-15/h1-9H. The molecule has 1 aromatic heterocycles. The lowest BCUT2D eigenvalue weighted by Crippen LogP contribution is -1.77. The highest BCUT2D eigenvalue weighted by Gasteiger charge is 2.06. The van der Waals surface area contributed by atoms with E-state index in [1.807, 2.05) is 6.07 Å². The van der Waals surface area contributed by atoms with Crippen LogP contribution in [0.5, 0.6) is 0 Å². The zero-order valence-electron chi connectivity index (χ0n) is 9.05. The van der Waals surface area contributed by atoms with Crippen LogP contribution in [0.1, 0.15) is 0 Å². The summed E-state index contributed by atoms with van der Waals surface area (Å²) in [4.78, 5) is 0. The molecule has 0 aliphatic rings. The molecule has 4 rings (SSSR count). The van der Waals surface area contributed by atoms with Crippen LogP contribution in [0.25, 0.3) is 32.5 Å². The maximum absolute atomic E-state index is 5.19. The lowest BCUT2D eigenvalue weighted by atomic mass is 10.0. The first kappa shape index (κ1) is 8.76. The van der Waals surface area contributed by atoms with Crippen LogP contribution in [-0.2, 0) is 0 Å². The fourth-order valence-electron chi connectivity index (χ4n) is 2.44. The molecular formula is C15H9NO. The van der Waals surface area contributed by atoms with E-state index in [1.54, 1.807) is 6.20 Å². The van der Waals surface area contributed by atoms with Gasteiger partial charge in [0.2, 0.25) is 0 Å². The van der Waals surface area contributed by atoms with Gasteiger partial charge in [-0.25, -0.2) is 0 Å². The van der Waals surface area contributed by atoms with Gasteiger partial charge in [-0.05, 0) is 33.7 Å². The maximum Gasteiger partial charge on any atom is 0.167 e. The van der Waals surface area contributed by atoms with E-state index in [4.69, 9.17) is 4.52 Å². The predicted octanol–water partition coefficient (Wildman–Crippen LogP) is 4.13. The molecule has 80 valence electrons. The zero-order valence-corrected chi connectivity index (χ0v) is 9.05. The predicted molar refractivity (Wildman–Crippen MR) is 69.0 cm³/mol. The van der Waals surface area contributed by atoms with Crippen LogP contribution < -0.4 is 0 Å². The fourth-order valence-corrected chi connectivity index (χ4v) is 2.44. The van der Waals surface area contributed by atoms with E-state index < -0.39 is 0 Å². The number of benzene rings is 3. The minimum Gasteiger partial charge on any atom is -0.356 e. The molecule has 2 heteroatoms. The van der Waals surface area contributed by atoms with E-state index in [1.165, 1.54) is 21.5 Å². The first-order valence-corrected chi connectivity index (χ1v) is 5.58. The Bertz CT molecular complexity index is 845. The number of hydrogen-bond donors (Lipinski definition) is 0. The lowest BCUT2D eigenvalue weighted by Gasteiger charge is -2.03. The second-order valence-corrected chi connectivity index (χ2v) is 4.18. The van der Waals surface area contributed by atoms with Gasteiger partial charge in [0.1, 0.15) is 0 Å². The van der Waals surface area contributed by atoms with Gasteiger partial charge in [0.05, 0.1) is 6.20 Å². The minimum atomic E-state index is 0.841. The zero-order chi connectivity index (χ0) is 11.2. The van der Waals surface area contributed by atoms with Crippen LogP contribution in [-0.4, -0.2) is 5.16 Å². The van der Waals surface area contributed by atoms with Gasteiger partial charge in [-0.1, -0.05) is 41.6 Å². The molecule has 0 aliphatic carbocycles. The maximum atomic E-state index is 5.19. The Hall–Kier alpha value is -2.35. The summed E-state index contributed by atoms with van der Waals surface area (Å²) in [7, 11) is 0. The number of nitrogens with zero attached hydrogens (tertiary/aromatic N) is 1. The Morgan fingerprint density at radius 3 is 2.53 bits per heavy atom. The van der Waals surface area contributed by atoms with Crippen molar-refractivity contribution in [3.63, 3.8) is 0 Å². The third-order valence-corrected chi connectivity index (χ3v) is 3.26. The minimum absolute atomic E-state index is 0.841. The quantitative estimate of drug-likeness (QED) is 0.415. The molecule has 0 bridgehead atoms. The Labute approximate surface area is 97.4 Å². The van der Waals surface area contributed by atoms with Crippen molar-refractivity contribution in [1.29, 1.82) is 0 Å². The summed E-state index contributed by atoms with van der Waals surface area (Å²) in [6.07, 6.45) is 1.78. The number of hydrogen-bond acceptors (Lipinski definition) is 2. The van der Waals surface area contributed by atoms with Gasteiger partial charge in [-0.2, -0.15) is 0 Å². The average molecular weight is 219 g/mol. The van der Waals surface area contributed by atoms with Crippen molar-refractivity contribution in [3.05, 3.63) is 54.7 Å². The number of aromatic nitrogens is 1. The summed E-state index contributed by atoms with van der Waals surface area (Å²) < 4.78 is 5.19. The van der Waals surface area contributed by atoms with Crippen molar-refractivity contribution >= 4 is 32.5 Å². The molecule has 0 unspecified atom stereocenters. The average Bonchev–Trinajstić information content (AvgIpc) is 2.86. The van der Waals surface area contributed by atoms with Gasteiger partial charge in [0.15, 0.2) is 5.58 Å². The molecule has 0 amide bonds. The smallest absolute Gasteiger partial charge is 0.167 e. The summed E-state index contributed by atoms with van der Waals surface area (Å²) in [5.74, 6) is 0. The Morgan fingerprint density at radius 1 is 0.706 bits per heavy atom. The van der Waals surface area contributed by atoms with Crippen molar-refractivity contribution in [2.45, 2.75) is 0 Å². The van der Waals surface area contributed by atoms with E-state index in [0.717, 1.165) is 11.0 Å². The van der Waals surface area contributed by atoms with Gasteiger partial charge in [0.25, 0.3) is 0 Å². The Kier molecular flexibility index (Phi) is 1.59. The van der Waals surface area contributed by atoms with E-state index in [9.17, 15) is 0 Å². The summed E-state index contributed by atoms with van der Waals surface area (Å²) in [6, 6.07) is 16.8. The third kappa shape index (κ3) is 1.12. The van der Waals surface area contributed by atoms with Crippen LogP contribution >= 0.6 is 0 Å². The van der Waals surface area contributed by atoms with Crippen LogP contribution in [0, 0.1) is 0 Å². The molecule has 0 N–H and O–H groups in total. The molecule has 17 heavy (non-hydrogen) atoms. The van der Waals surface area contributed by atoms with E-state index in [0.29, 0.717) is 0 Å². The van der Waals surface area contributed by atoms with Crippen LogP contribution in [0.4, 0.5) is 0 Å². The molecule has 0 atom stereocenters. The normalized spacial score (nSPS) is 11.5. The summed E-state index contributed by atoms with van der Waals surface area (Å²) >= 11 is 0.